The van der Waals surface area contributed by atoms with E-state index in [1.54, 1.807) is 18.2 Å². The molecule has 0 amide bonds. The minimum Gasteiger partial charge on any atom is -0.488 e. The van der Waals surface area contributed by atoms with Gasteiger partial charge in [0.15, 0.2) is 0 Å². The molecule has 104 valence electrons. The third-order valence-electron chi connectivity index (χ3n) is 3.76. The van der Waals surface area contributed by atoms with E-state index in [0.717, 1.165) is 22.1 Å². The summed E-state index contributed by atoms with van der Waals surface area (Å²) in [6.07, 6.45) is 0. The van der Waals surface area contributed by atoms with Crippen LogP contribution < -0.4 is 10.4 Å². The second-order valence-electron chi connectivity index (χ2n) is 5.17. The van der Waals surface area contributed by atoms with Crippen molar-refractivity contribution in [3.63, 3.8) is 0 Å². The molecule has 4 rings (SSSR count). The van der Waals surface area contributed by atoms with Crippen molar-refractivity contribution in [3.8, 4) is 16.9 Å². The topological polar surface area (TPSA) is 39.4 Å². The number of halogens is 1. The predicted octanol–water partition coefficient (Wildman–Crippen LogP) is 4.31. The van der Waals surface area contributed by atoms with Crippen LogP contribution in [0.5, 0.6) is 5.75 Å². The first-order chi connectivity index (χ1) is 10.1. The van der Waals surface area contributed by atoms with Gasteiger partial charge in [-0.1, -0.05) is 23.7 Å². The summed E-state index contributed by atoms with van der Waals surface area (Å²) >= 11 is 5.97. The fraction of sp³-hybridized carbons (Fsp3) is 0.118. The van der Waals surface area contributed by atoms with Crippen LogP contribution in [0.3, 0.4) is 0 Å². The first kappa shape index (κ1) is 12.5. The van der Waals surface area contributed by atoms with Gasteiger partial charge in [0.25, 0.3) is 0 Å². The van der Waals surface area contributed by atoms with Gasteiger partial charge in [-0.3, -0.25) is 0 Å². The third kappa shape index (κ3) is 1.85. The van der Waals surface area contributed by atoms with E-state index < -0.39 is 0 Å². The van der Waals surface area contributed by atoms with Gasteiger partial charge in [0.1, 0.15) is 17.9 Å². The summed E-state index contributed by atoms with van der Waals surface area (Å²) < 4.78 is 11.2. The molecule has 3 nitrogen and oxygen atoms in total. The lowest BCUT2D eigenvalue weighted by Crippen LogP contribution is -2.15. The van der Waals surface area contributed by atoms with Crippen LogP contribution >= 0.6 is 11.6 Å². The lowest BCUT2D eigenvalue weighted by Gasteiger charge is -2.21. The Morgan fingerprint density at radius 1 is 1.14 bits per heavy atom. The van der Waals surface area contributed by atoms with Gasteiger partial charge in [-0.25, -0.2) is 4.79 Å². The molecule has 3 aromatic rings. The summed E-state index contributed by atoms with van der Waals surface area (Å²) in [5.74, 6) is 0.619. The quantitative estimate of drug-likeness (QED) is 0.580. The number of fused-ring (bicyclic) bond motifs is 5. The van der Waals surface area contributed by atoms with Crippen LogP contribution in [-0.2, 0) is 6.61 Å². The smallest absolute Gasteiger partial charge is 0.344 e. The highest BCUT2D eigenvalue weighted by Gasteiger charge is 2.24. The van der Waals surface area contributed by atoms with Crippen LogP contribution in [0.2, 0.25) is 5.02 Å². The van der Waals surface area contributed by atoms with Crippen LogP contribution in [-0.4, -0.2) is 0 Å². The van der Waals surface area contributed by atoms with E-state index in [1.165, 1.54) is 0 Å². The summed E-state index contributed by atoms with van der Waals surface area (Å²) in [6, 6.07) is 11.1. The summed E-state index contributed by atoms with van der Waals surface area (Å²) in [4.78, 5) is 12.4. The average molecular weight is 299 g/mol. The molecule has 0 fully saturated rings. The molecule has 1 aliphatic heterocycles. The number of ether oxygens (including phenoxy) is 1. The zero-order valence-corrected chi connectivity index (χ0v) is 12.0. The Bertz CT molecular complexity index is 941. The summed E-state index contributed by atoms with van der Waals surface area (Å²) in [5, 5.41) is 1.49. The molecule has 21 heavy (non-hydrogen) atoms. The second kappa shape index (κ2) is 4.37. The van der Waals surface area contributed by atoms with E-state index in [2.05, 4.69) is 0 Å². The molecule has 0 radical (unpaired) electrons. The Labute approximate surface area is 125 Å². The van der Waals surface area contributed by atoms with Gasteiger partial charge in [-0.15, -0.1) is 0 Å². The maximum atomic E-state index is 12.4. The molecule has 1 aliphatic rings. The number of hydrogen-bond acceptors (Lipinski definition) is 3. The second-order valence-corrected chi connectivity index (χ2v) is 5.61. The molecule has 0 aliphatic carbocycles. The maximum Gasteiger partial charge on any atom is 0.344 e. The molecule has 0 N–H and O–H groups in total. The Morgan fingerprint density at radius 3 is 2.86 bits per heavy atom. The van der Waals surface area contributed by atoms with E-state index in [9.17, 15) is 4.79 Å². The predicted molar refractivity (Wildman–Crippen MR) is 82.0 cm³/mol. The zero-order chi connectivity index (χ0) is 14.6. The SMILES string of the molecule is Cc1ccc2c3c(c(=O)oc2c1)-c1ccc(Cl)cc1OC3. The van der Waals surface area contributed by atoms with Crippen molar-refractivity contribution in [2.45, 2.75) is 13.5 Å². The molecule has 0 bridgehead atoms. The van der Waals surface area contributed by atoms with Gasteiger partial charge < -0.3 is 9.15 Å². The molecule has 2 aromatic carbocycles. The Balaban J connectivity index is 2.11. The van der Waals surface area contributed by atoms with E-state index in [-0.39, 0.29) is 5.63 Å². The molecule has 1 aromatic heterocycles. The summed E-state index contributed by atoms with van der Waals surface area (Å²) in [6.45, 7) is 2.31. The van der Waals surface area contributed by atoms with Crippen molar-refractivity contribution < 1.29 is 9.15 Å². The Hall–Kier alpha value is -2.26. The third-order valence-corrected chi connectivity index (χ3v) is 3.99. The van der Waals surface area contributed by atoms with Crippen molar-refractivity contribution in [2.24, 2.45) is 0 Å². The molecule has 0 unspecified atom stereocenters. The van der Waals surface area contributed by atoms with Gasteiger partial charge in [-0.2, -0.15) is 0 Å². The fourth-order valence-electron chi connectivity index (χ4n) is 2.77. The van der Waals surface area contributed by atoms with Crippen LogP contribution in [0, 0.1) is 6.92 Å². The summed E-state index contributed by atoms with van der Waals surface area (Å²) in [5.41, 5.74) is 3.49. The number of rotatable bonds is 0. The van der Waals surface area contributed by atoms with E-state index in [1.807, 2.05) is 25.1 Å². The van der Waals surface area contributed by atoms with E-state index in [0.29, 0.717) is 28.5 Å². The zero-order valence-electron chi connectivity index (χ0n) is 11.3. The van der Waals surface area contributed by atoms with Gasteiger partial charge in [0, 0.05) is 21.5 Å². The van der Waals surface area contributed by atoms with Crippen LogP contribution in [0.4, 0.5) is 0 Å². The van der Waals surface area contributed by atoms with Crippen molar-refractivity contribution in [2.75, 3.05) is 0 Å². The van der Waals surface area contributed by atoms with Crippen molar-refractivity contribution in [1.29, 1.82) is 0 Å². The summed E-state index contributed by atoms with van der Waals surface area (Å²) in [7, 11) is 0. The molecule has 0 spiro atoms. The largest absolute Gasteiger partial charge is 0.488 e. The molecular formula is C17H11ClO3. The number of aryl methyl sites for hydroxylation is 1. The molecule has 0 saturated heterocycles. The monoisotopic (exact) mass is 298 g/mol. The Morgan fingerprint density at radius 2 is 2.00 bits per heavy atom. The lowest BCUT2D eigenvalue weighted by molar-refractivity contribution is 0.302. The van der Waals surface area contributed by atoms with Crippen LogP contribution in [0.25, 0.3) is 22.1 Å². The molecule has 0 saturated carbocycles. The normalized spacial score (nSPS) is 12.7. The van der Waals surface area contributed by atoms with Crippen LogP contribution in [0.1, 0.15) is 11.1 Å². The first-order valence-electron chi connectivity index (χ1n) is 6.62. The maximum absolute atomic E-state index is 12.4. The molecule has 0 atom stereocenters. The highest BCUT2D eigenvalue weighted by molar-refractivity contribution is 6.30. The minimum absolute atomic E-state index is 0.338. The molecular weight excluding hydrogens is 288 g/mol. The van der Waals surface area contributed by atoms with Gasteiger partial charge in [0.2, 0.25) is 0 Å². The van der Waals surface area contributed by atoms with Crippen LogP contribution in [0.15, 0.2) is 45.6 Å². The Kier molecular flexibility index (Phi) is 2.59. The number of benzene rings is 2. The minimum atomic E-state index is -0.338. The van der Waals surface area contributed by atoms with Gasteiger partial charge in [0.05, 0.1) is 5.56 Å². The fourth-order valence-corrected chi connectivity index (χ4v) is 2.93. The highest BCUT2D eigenvalue weighted by atomic mass is 35.5. The van der Waals surface area contributed by atoms with E-state index in [4.69, 9.17) is 20.8 Å². The number of hydrogen-bond donors (Lipinski definition) is 0. The van der Waals surface area contributed by atoms with E-state index >= 15 is 0 Å². The highest BCUT2D eigenvalue weighted by Crippen LogP contribution is 2.39. The van der Waals surface area contributed by atoms with Crippen molar-refractivity contribution in [1.82, 2.24) is 0 Å². The standard InChI is InChI=1S/C17H11ClO3/c1-9-2-4-11-13-8-20-14-7-10(18)3-5-12(14)16(13)17(19)21-15(11)6-9/h2-7H,8H2,1H3. The lowest BCUT2D eigenvalue weighted by atomic mass is 9.96. The van der Waals surface area contributed by atoms with Crippen molar-refractivity contribution in [3.05, 3.63) is 63.0 Å². The average Bonchev–Trinajstić information content (AvgIpc) is 2.46. The molecule has 2 heterocycles. The van der Waals surface area contributed by atoms with Crippen molar-refractivity contribution >= 4 is 22.6 Å². The molecule has 4 heteroatoms. The van der Waals surface area contributed by atoms with Gasteiger partial charge in [-0.05, 0) is 36.8 Å². The van der Waals surface area contributed by atoms with Gasteiger partial charge >= 0.3 is 5.63 Å². The first-order valence-corrected chi connectivity index (χ1v) is 7.00.